The van der Waals surface area contributed by atoms with Crippen LogP contribution in [0, 0.1) is 5.92 Å². The summed E-state index contributed by atoms with van der Waals surface area (Å²) in [6.45, 7) is 8.73. The van der Waals surface area contributed by atoms with Crippen molar-refractivity contribution in [3.8, 4) is 0 Å². The van der Waals surface area contributed by atoms with Crippen LogP contribution in [0.1, 0.15) is 25.5 Å². The molecule has 0 spiro atoms. The van der Waals surface area contributed by atoms with Crippen LogP contribution in [0.25, 0.3) is 0 Å². The van der Waals surface area contributed by atoms with E-state index in [1.807, 2.05) is 12.5 Å². The van der Waals surface area contributed by atoms with E-state index in [-0.39, 0.29) is 0 Å². The zero-order chi connectivity index (χ0) is 14.3. The molecule has 5 nitrogen and oxygen atoms in total. The quantitative estimate of drug-likeness (QED) is 0.730. The molecular formula is C14H28N4O. The Labute approximate surface area is 116 Å². The second-order valence-electron chi connectivity index (χ2n) is 5.39. The lowest BCUT2D eigenvalue weighted by Crippen LogP contribution is -2.28. The van der Waals surface area contributed by atoms with Gasteiger partial charge >= 0.3 is 0 Å². The van der Waals surface area contributed by atoms with E-state index in [9.17, 15) is 0 Å². The number of methoxy groups -OCH3 is 1. The topological polar surface area (TPSA) is 56.3 Å². The van der Waals surface area contributed by atoms with Crippen LogP contribution in [0.5, 0.6) is 0 Å². The Kier molecular flexibility index (Phi) is 7.05. The van der Waals surface area contributed by atoms with Crippen molar-refractivity contribution in [2.75, 3.05) is 40.4 Å². The summed E-state index contributed by atoms with van der Waals surface area (Å²) in [6.07, 6.45) is 3.86. The first kappa shape index (κ1) is 16.1. The molecule has 0 amide bonds. The van der Waals surface area contributed by atoms with Gasteiger partial charge < -0.3 is 19.9 Å². The maximum Gasteiger partial charge on any atom is 0.0948 e. The summed E-state index contributed by atoms with van der Waals surface area (Å²) < 4.78 is 7.31. The van der Waals surface area contributed by atoms with Gasteiger partial charge in [0.1, 0.15) is 0 Å². The van der Waals surface area contributed by atoms with E-state index < -0.39 is 0 Å². The maximum absolute atomic E-state index is 5.89. The highest BCUT2D eigenvalue weighted by atomic mass is 16.5. The van der Waals surface area contributed by atoms with Crippen LogP contribution < -0.4 is 5.73 Å². The van der Waals surface area contributed by atoms with Crippen LogP contribution >= 0.6 is 0 Å². The van der Waals surface area contributed by atoms with Crippen molar-refractivity contribution >= 4 is 0 Å². The van der Waals surface area contributed by atoms with E-state index in [2.05, 4.69) is 35.3 Å². The molecule has 2 N–H and O–H groups in total. The van der Waals surface area contributed by atoms with Gasteiger partial charge in [0.05, 0.1) is 12.9 Å². The van der Waals surface area contributed by atoms with Crippen LogP contribution in [0.15, 0.2) is 12.5 Å². The fraction of sp³-hybridized carbons (Fsp3) is 0.786. The number of imidazole rings is 1. The van der Waals surface area contributed by atoms with Gasteiger partial charge in [0.25, 0.3) is 0 Å². The summed E-state index contributed by atoms with van der Waals surface area (Å²) in [6, 6.07) is 0. The molecule has 0 radical (unpaired) electrons. The molecular weight excluding hydrogens is 240 g/mol. The molecule has 0 bridgehead atoms. The highest BCUT2D eigenvalue weighted by Gasteiger charge is 2.18. The number of likely N-dealkylation sites (N-methyl/N-ethyl adjacent to an activating group) is 1. The van der Waals surface area contributed by atoms with Crippen molar-refractivity contribution in [2.24, 2.45) is 11.7 Å². The molecule has 1 aromatic heterocycles. The molecule has 0 fully saturated rings. The zero-order valence-corrected chi connectivity index (χ0v) is 12.7. The number of ether oxygens (including phenoxy) is 1. The summed E-state index contributed by atoms with van der Waals surface area (Å²) in [4.78, 5) is 6.54. The molecule has 0 saturated heterocycles. The van der Waals surface area contributed by atoms with Gasteiger partial charge in [-0.15, -0.1) is 0 Å². The third-order valence-electron chi connectivity index (χ3n) is 3.58. The number of hydrogen-bond acceptors (Lipinski definition) is 4. The van der Waals surface area contributed by atoms with Gasteiger partial charge in [-0.2, -0.15) is 0 Å². The molecule has 5 heteroatoms. The lowest BCUT2D eigenvalue weighted by molar-refractivity contribution is 0.159. The van der Waals surface area contributed by atoms with E-state index in [0.29, 0.717) is 18.4 Å². The molecule has 0 saturated carbocycles. The van der Waals surface area contributed by atoms with Crippen molar-refractivity contribution in [3.63, 3.8) is 0 Å². The van der Waals surface area contributed by atoms with Gasteiger partial charge in [-0.05, 0) is 13.0 Å². The Morgan fingerprint density at radius 1 is 1.42 bits per heavy atom. The largest absolute Gasteiger partial charge is 0.383 e. The van der Waals surface area contributed by atoms with Gasteiger partial charge in [0.15, 0.2) is 0 Å². The first-order valence-electron chi connectivity index (χ1n) is 6.97. The summed E-state index contributed by atoms with van der Waals surface area (Å²) >= 11 is 0. The summed E-state index contributed by atoms with van der Waals surface area (Å²) in [7, 11) is 3.84. The minimum absolute atomic E-state index is 0.381. The second-order valence-corrected chi connectivity index (χ2v) is 5.39. The number of hydrogen-bond donors (Lipinski definition) is 1. The summed E-state index contributed by atoms with van der Waals surface area (Å²) in [5.41, 5.74) is 7.14. The highest BCUT2D eigenvalue weighted by molar-refractivity contribution is 5.08. The van der Waals surface area contributed by atoms with E-state index in [4.69, 9.17) is 10.5 Å². The molecule has 1 heterocycles. The van der Waals surface area contributed by atoms with Crippen LogP contribution in [-0.2, 0) is 11.3 Å². The summed E-state index contributed by atoms with van der Waals surface area (Å²) in [5.74, 6) is 0.915. The van der Waals surface area contributed by atoms with Gasteiger partial charge in [0.2, 0.25) is 0 Å². The van der Waals surface area contributed by atoms with Crippen LogP contribution in [-0.4, -0.2) is 54.8 Å². The number of nitrogens with zero attached hydrogens (tertiary/aromatic N) is 3. The maximum atomic E-state index is 5.89. The van der Waals surface area contributed by atoms with Crippen LogP contribution in [0.2, 0.25) is 0 Å². The van der Waals surface area contributed by atoms with Crippen molar-refractivity contribution in [3.05, 3.63) is 18.2 Å². The van der Waals surface area contributed by atoms with Crippen LogP contribution in [0.3, 0.4) is 0 Å². The minimum atomic E-state index is 0.381. The van der Waals surface area contributed by atoms with Gasteiger partial charge in [-0.25, -0.2) is 4.98 Å². The molecule has 1 rings (SSSR count). The van der Waals surface area contributed by atoms with Gasteiger partial charge in [0, 0.05) is 51.1 Å². The smallest absolute Gasteiger partial charge is 0.0948 e. The average molecular weight is 268 g/mol. The number of nitrogens with two attached hydrogens (primary N) is 1. The molecule has 0 aliphatic carbocycles. The molecule has 19 heavy (non-hydrogen) atoms. The Morgan fingerprint density at radius 2 is 2.16 bits per heavy atom. The SMILES string of the molecule is COCCN(C)CCn1cncc1C(CN)C(C)C. The first-order chi connectivity index (χ1) is 9.10. The molecule has 1 aromatic rings. The van der Waals surface area contributed by atoms with Gasteiger partial charge in [-0.1, -0.05) is 13.8 Å². The normalized spacial score (nSPS) is 13.4. The third kappa shape index (κ3) is 4.93. The standard InChI is InChI=1S/C14H28N4O/c1-12(2)13(9-15)14-10-16-11-18(14)6-5-17(3)7-8-19-4/h10-13H,5-9,15H2,1-4H3. The third-order valence-corrected chi connectivity index (χ3v) is 3.58. The van der Waals surface area contributed by atoms with Crippen molar-refractivity contribution < 1.29 is 4.74 Å². The Bertz CT molecular complexity index is 351. The fourth-order valence-corrected chi connectivity index (χ4v) is 2.20. The van der Waals surface area contributed by atoms with E-state index >= 15 is 0 Å². The zero-order valence-electron chi connectivity index (χ0n) is 12.7. The molecule has 110 valence electrons. The van der Waals surface area contributed by atoms with E-state index in [1.165, 1.54) is 5.69 Å². The van der Waals surface area contributed by atoms with E-state index in [0.717, 1.165) is 26.2 Å². The first-order valence-corrected chi connectivity index (χ1v) is 6.97. The molecule has 1 unspecified atom stereocenters. The Morgan fingerprint density at radius 3 is 2.74 bits per heavy atom. The van der Waals surface area contributed by atoms with E-state index in [1.54, 1.807) is 7.11 Å². The minimum Gasteiger partial charge on any atom is -0.383 e. The Hall–Kier alpha value is -0.910. The Balaban J connectivity index is 2.57. The second kappa shape index (κ2) is 8.30. The fourth-order valence-electron chi connectivity index (χ4n) is 2.20. The van der Waals surface area contributed by atoms with Crippen molar-refractivity contribution in [1.82, 2.24) is 14.5 Å². The van der Waals surface area contributed by atoms with Crippen molar-refractivity contribution in [1.29, 1.82) is 0 Å². The average Bonchev–Trinajstić information content (AvgIpc) is 2.82. The van der Waals surface area contributed by atoms with Crippen LogP contribution in [0.4, 0.5) is 0 Å². The molecule has 1 atom stereocenters. The highest BCUT2D eigenvalue weighted by Crippen LogP contribution is 2.22. The molecule has 0 aliphatic rings. The molecule has 0 aromatic carbocycles. The summed E-state index contributed by atoms with van der Waals surface area (Å²) in [5, 5.41) is 0. The predicted molar refractivity (Wildman–Crippen MR) is 78.2 cm³/mol. The molecule has 0 aliphatic heterocycles. The van der Waals surface area contributed by atoms with Crippen molar-refractivity contribution in [2.45, 2.75) is 26.3 Å². The monoisotopic (exact) mass is 268 g/mol. The lowest BCUT2D eigenvalue weighted by Gasteiger charge is -2.22. The lowest BCUT2D eigenvalue weighted by atomic mass is 9.93. The van der Waals surface area contributed by atoms with Gasteiger partial charge in [-0.3, -0.25) is 0 Å². The number of aromatic nitrogens is 2. The number of rotatable bonds is 9. The predicted octanol–water partition coefficient (Wildman–Crippen LogP) is 1.16.